The summed E-state index contributed by atoms with van der Waals surface area (Å²) in [6.45, 7) is 10.8. The summed E-state index contributed by atoms with van der Waals surface area (Å²) >= 11 is 0. The first-order chi connectivity index (χ1) is 25.5. The molecule has 11 nitrogen and oxygen atoms in total. The number of ether oxygens (including phenoxy) is 4. The summed E-state index contributed by atoms with van der Waals surface area (Å²) in [5.74, 6) is -1.21. The van der Waals surface area contributed by atoms with Gasteiger partial charge in [0.1, 0.15) is 29.7 Å². The van der Waals surface area contributed by atoms with Crippen LogP contribution in [0, 0.1) is 17.8 Å². The molecule has 3 aliphatic rings. The van der Waals surface area contributed by atoms with Crippen LogP contribution >= 0.6 is 0 Å². The van der Waals surface area contributed by atoms with Gasteiger partial charge >= 0.3 is 6.09 Å². The third-order valence-electron chi connectivity index (χ3n) is 10.4. The van der Waals surface area contributed by atoms with E-state index in [-0.39, 0.29) is 63.0 Å². The van der Waals surface area contributed by atoms with Gasteiger partial charge in [0.2, 0.25) is 5.79 Å². The van der Waals surface area contributed by atoms with Crippen molar-refractivity contribution in [2.45, 2.75) is 95.7 Å². The first kappa shape index (κ1) is 40.3. The Morgan fingerprint density at radius 2 is 1.79 bits per heavy atom. The maximum Gasteiger partial charge on any atom is 0.410 e. The fourth-order valence-corrected chi connectivity index (χ4v) is 8.11. The number of fused-ring (bicyclic) bond motifs is 2. The van der Waals surface area contributed by atoms with E-state index in [9.17, 15) is 20.1 Å². The van der Waals surface area contributed by atoms with Crippen molar-refractivity contribution in [3.05, 3.63) is 84.0 Å². The Balaban J connectivity index is 1.58. The van der Waals surface area contributed by atoms with E-state index in [1.165, 1.54) is 0 Å². The van der Waals surface area contributed by atoms with Gasteiger partial charge in [-0.25, -0.2) is 4.79 Å². The van der Waals surface area contributed by atoms with Crippen molar-refractivity contribution in [2.75, 3.05) is 40.1 Å². The number of hydrogen-bond donors (Lipinski definition) is 3. The lowest BCUT2D eigenvalue weighted by atomic mass is 9.55. The summed E-state index contributed by atoms with van der Waals surface area (Å²) in [6.07, 6.45) is 8.27. The number of aliphatic hydroxyl groups is 2. The fourth-order valence-electron chi connectivity index (χ4n) is 8.11. The van der Waals surface area contributed by atoms with E-state index in [1.807, 2.05) is 51.1 Å². The number of unbranched alkanes of at least 4 members (excludes halogenated alkanes) is 2. The largest absolute Gasteiger partial charge is 0.508 e. The first-order valence-corrected chi connectivity index (χ1v) is 19.0. The second-order valence-corrected chi connectivity index (χ2v) is 15.3. The molecule has 0 spiro atoms. The number of benzene rings is 2. The summed E-state index contributed by atoms with van der Waals surface area (Å²) in [5.41, 5.74) is 2.93. The molecule has 1 fully saturated rings. The Morgan fingerprint density at radius 1 is 1.06 bits per heavy atom. The summed E-state index contributed by atoms with van der Waals surface area (Å²) in [6, 6.07) is 14.3. The number of oxime groups is 1. The van der Waals surface area contributed by atoms with Crippen LogP contribution < -0.4 is 4.74 Å². The maximum absolute atomic E-state index is 13.9. The standard InChI is InChI=1S/C42H58N2O9/c1-6-22-51-42-37(44(5)40(48)50-24-23-49-28-29-14-8-7-9-15-29)27-35(43-53-41(2,3)4)33-25-30(16-10-12-20-45)32(17-11-13-21-46)38(39(33)42)34-26-31(47)18-19-36(34)52-42/h6-9,14-15,18-19,25-26,30,32,37-39,45-47H,1,10-13,16-17,20-24,27-28H2,2-5H3. The third-order valence-corrected chi connectivity index (χ3v) is 10.4. The molecule has 1 amide bonds. The highest BCUT2D eigenvalue weighted by atomic mass is 16.7. The van der Waals surface area contributed by atoms with Gasteiger partial charge in [0.25, 0.3) is 0 Å². The number of allylic oxidation sites excluding steroid dienone is 1. The molecule has 53 heavy (non-hydrogen) atoms. The molecule has 11 heteroatoms. The number of aromatic hydroxyl groups is 1. The number of amides is 1. The number of aliphatic hydroxyl groups excluding tert-OH is 2. The van der Waals surface area contributed by atoms with Gasteiger partial charge in [-0.3, -0.25) is 0 Å². The molecule has 3 N–H and O–H groups in total. The van der Waals surface area contributed by atoms with Crippen LogP contribution in [-0.4, -0.2) is 89.5 Å². The zero-order valence-corrected chi connectivity index (χ0v) is 31.7. The molecule has 0 aromatic heterocycles. The highest BCUT2D eigenvalue weighted by Crippen LogP contribution is 2.61. The summed E-state index contributed by atoms with van der Waals surface area (Å²) in [4.78, 5) is 21.6. The zero-order valence-electron chi connectivity index (χ0n) is 31.7. The van der Waals surface area contributed by atoms with E-state index in [2.05, 4.69) is 12.7 Å². The van der Waals surface area contributed by atoms with Crippen molar-refractivity contribution in [3.8, 4) is 11.5 Å². The minimum absolute atomic E-state index is 0.0555. The normalized spacial score (nSPS) is 25.4. The van der Waals surface area contributed by atoms with E-state index in [1.54, 1.807) is 36.2 Å². The van der Waals surface area contributed by atoms with E-state index >= 15 is 0 Å². The molecule has 1 aliphatic heterocycles. The molecule has 2 aromatic rings. The highest BCUT2D eigenvalue weighted by Gasteiger charge is 2.65. The van der Waals surface area contributed by atoms with E-state index < -0.39 is 29.4 Å². The van der Waals surface area contributed by atoms with Crippen molar-refractivity contribution in [1.82, 2.24) is 4.90 Å². The Hall–Kier alpha value is -3.90. The number of carbonyl (C=O) groups excluding carboxylic acids is 1. The minimum Gasteiger partial charge on any atom is -0.508 e. The number of phenolic OH excluding ortho intramolecular Hbond substituents is 1. The van der Waals surface area contributed by atoms with Crippen LogP contribution in [0.2, 0.25) is 0 Å². The van der Waals surface area contributed by atoms with Gasteiger partial charge in [0.05, 0.1) is 31.5 Å². The summed E-state index contributed by atoms with van der Waals surface area (Å²) < 4.78 is 25.4. The van der Waals surface area contributed by atoms with Crippen LogP contribution in [0.5, 0.6) is 11.5 Å². The number of carbonyl (C=O) groups is 1. The van der Waals surface area contributed by atoms with Crippen LogP contribution in [0.1, 0.15) is 82.8 Å². The van der Waals surface area contributed by atoms with Crippen LogP contribution in [0.3, 0.4) is 0 Å². The van der Waals surface area contributed by atoms with Gasteiger partial charge in [-0.05, 0) is 87.6 Å². The van der Waals surface area contributed by atoms with Gasteiger partial charge < -0.3 is 44.0 Å². The van der Waals surface area contributed by atoms with Crippen molar-refractivity contribution in [1.29, 1.82) is 0 Å². The predicted octanol–water partition coefficient (Wildman–Crippen LogP) is 7.11. The number of phenols is 1. The molecule has 0 bridgehead atoms. The Kier molecular flexibility index (Phi) is 14.0. The van der Waals surface area contributed by atoms with Gasteiger partial charge in [0, 0.05) is 38.2 Å². The van der Waals surface area contributed by atoms with Crippen molar-refractivity contribution >= 4 is 11.8 Å². The molecule has 1 heterocycles. The van der Waals surface area contributed by atoms with Crippen LogP contribution in [0.4, 0.5) is 4.79 Å². The Morgan fingerprint density at radius 3 is 2.49 bits per heavy atom. The smallest absolute Gasteiger partial charge is 0.410 e. The quantitative estimate of drug-likeness (QED) is 0.0831. The second kappa shape index (κ2) is 18.4. The minimum atomic E-state index is -1.39. The number of nitrogens with zero attached hydrogens (tertiary/aromatic N) is 2. The molecule has 0 saturated heterocycles. The predicted molar refractivity (Wildman–Crippen MR) is 203 cm³/mol. The van der Waals surface area contributed by atoms with Crippen LogP contribution in [0.15, 0.2) is 78.0 Å². The number of likely N-dealkylation sites (N-methyl/N-ethyl adjacent to an activating group) is 1. The van der Waals surface area contributed by atoms with Gasteiger partial charge in [-0.2, -0.15) is 0 Å². The van der Waals surface area contributed by atoms with Gasteiger partial charge in [0.15, 0.2) is 0 Å². The molecule has 2 aromatic carbocycles. The molecular formula is C42H58N2O9. The third kappa shape index (κ3) is 9.62. The molecule has 0 radical (unpaired) electrons. The summed E-state index contributed by atoms with van der Waals surface area (Å²) in [7, 11) is 1.69. The maximum atomic E-state index is 13.9. The fraction of sp³-hybridized carbons (Fsp3) is 0.571. The van der Waals surface area contributed by atoms with Crippen LogP contribution in [0.25, 0.3) is 0 Å². The topological polar surface area (TPSA) is 140 Å². The molecule has 2 aliphatic carbocycles. The van der Waals surface area contributed by atoms with E-state index in [0.717, 1.165) is 42.4 Å². The van der Waals surface area contributed by atoms with Crippen molar-refractivity contribution in [3.63, 3.8) is 0 Å². The molecule has 1 saturated carbocycles. The van der Waals surface area contributed by atoms with Crippen molar-refractivity contribution < 1.29 is 43.9 Å². The zero-order chi connectivity index (χ0) is 38.0. The lowest BCUT2D eigenvalue weighted by molar-refractivity contribution is -0.253. The lowest BCUT2D eigenvalue weighted by Crippen LogP contribution is -2.69. The number of hydrogen-bond acceptors (Lipinski definition) is 10. The average Bonchev–Trinajstić information content (AvgIpc) is 3.14. The van der Waals surface area contributed by atoms with Crippen LogP contribution in [-0.2, 0) is 25.7 Å². The second-order valence-electron chi connectivity index (χ2n) is 15.3. The number of rotatable bonds is 18. The highest BCUT2D eigenvalue weighted by molar-refractivity contribution is 6.02. The molecule has 290 valence electrons. The monoisotopic (exact) mass is 734 g/mol. The average molecular weight is 735 g/mol. The van der Waals surface area contributed by atoms with E-state index in [0.29, 0.717) is 30.9 Å². The Labute approximate surface area is 314 Å². The molecule has 5 rings (SSSR count). The van der Waals surface area contributed by atoms with E-state index in [4.69, 9.17) is 28.9 Å². The van der Waals surface area contributed by atoms with Gasteiger partial charge in [-0.1, -0.05) is 60.5 Å². The first-order valence-electron chi connectivity index (χ1n) is 19.0. The Bertz CT molecular complexity index is 1570. The lowest BCUT2D eigenvalue weighted by Gasteiger charge is -2.59. The van der Waals surface area contributed by atoms with Gasteiger partial charge in [-0.15, -0.1) is 6.58 Å². The van der Waals surface area contributed by atoms with Crippen molar-refractivity contribution in [2.24, 2.45) is 22.9 Å². The molecule has 6 atom stereocenters. The summed E-state index contributed by atoms with van der Waals surface area (Å²) in [5, 5.41) is 35.1. The molecular weight excluding hydrogens is 676 g/mol. The SMILES string of the molecule is C=CCOC12Oc3ccc(O)cc3C3C(CCCCO)C(CCCCO)C=C(C(=NOC(C)(C)C)CC1N(C)C(=O)OCCOCc1ccccc1)C32. The molecule has 6 unspecified atom stereocenters.